The minimum absolute atomic E-state index is 0.734. The third-order valence-electron chi connectivity index (χ3n) is 3.60. The van der Waals surface area contributed by atoms with E-state index in [1.54, 1.807) is 0 Å². The van der Waals surface area contributed by atoms with Gasteiger partial charge in [0, 0.05) is 17.1 Å². The zero-order valence-electron chi connectivity index (χ0n) is 11.5. The van der Waals surface area contributed by atoms with Crippen molar-refractivity contribution in [2.75, 3.05) is 0 Å². The molecule has 0 N–H and O–H groups in total. The molecule has 0 aromatic carbocycles. The fourth-order valence-electron chi connectivity index (χ4n) is 1.95. The van der Waals surface area contributed by atoms with Crippen molar-refractivity contribution in [3.63, 3.8) is 0 Å². The van der Waals surface area contributed by atoms with Gasteiger partial charge in [-0.25, -0.2) is 0 Å². The van der Waals surface area contributed by atoms with E-state index < -0.39 is 0 Å². The predicted octanol–water partition coefficient (Wildman–Crippen LogP) is 4.51. The van der Waals surface area contributed by atoms with Crippen LogP contribution < -0.4 is 0 Å². The lowest BCUT2D eigenvalue weighted by molar-refractivity contribution is 0.412. The molecule has 0 bridgehead atoms. The predicted molar refractivity (Wildman–Crippen MR) is 72.5 cm³/mol. The van der Waals surface area contributed by atoms with E-state index >= 15 is 0 Å². The zero-order chi connectivity index (χ0) is 12.3. The lowest BCUT2D eigenvalue weighted by Crippen LogP contribution is -2.11. The SMILES string of the molecule is C/C=C(\C)n1c(C)ccc1CC(C)C(C)C. The molecule has 16 heavy (non-hydrogen) atoms. The van der Waals surface area contributed by atoms with Crippen molar-refractivity contribution in [1.29, 1.82) is 0 Å². The van der Waals surface area contributed by atoms with Crippen molar-refractivity contribution >= 4 is 5.70 Å². The average Bonchev–Trinajstić information content (AvgIpc) is 2.58. The number of rotatable bonds is 4. The van der Waals surface area contributed by atoms with Gasteiger partial charge in [0.05, 0.1) is 0 Å². The normalized spacial score (nSPS) is 14.6. The van der Waals surface area contributed by atoms with E-state index in [2.05, 4.69) is 64.3 Å². The molecule has 1 heteroatoms. The van der Waals surface area contributed by atoms with Gasteiger partial charge in [0.1, 0.15) is 0 Å². The first-order valence-electron chi connectivity index (χ1n) is 6.27. The molecule has 0 radical (unpaired) electrons. The van der Waals surface area contributed by atoms with Crippen molar-refractivity contribution in [3.8, 4) is 0 Å². The highest BCUT2D eigenvalue weighted by molar-refractivity contribution is 5.46. The van der Waals surface area contributed by atoms with Crippen molar-refractivity contribution in [1.82, 2.24) is 4.57 Å². The monoisotopic (exact) mass is 219 g/mol. The Kier molecular flexibility index (Phi) is 4.40. The molecule has 1 unspecified atom stereocenters. The fourth-order valence-corrected chi connectivity index (χ4v) is 1.95. The maximum absolute atomic E-state index is 2.37. The summed E-state index contributed by atoms with van der Waals surface area (Å²) in [6, 6.07) is 4.48. The first-order chi connectivity index (χ1) is 7.47. The Bertz CT molecular complexity index is 369. The lowest BCUT2D eigenvalue weighted by atomic mass is 9.93. The highest BCUT2D eigenvalue weighted by atomic mass is 15.0. The molecule has 0 aliphatic carbocycles. The van der Waals surface area contributed by atoms with Crippen LogP contribution in [0.5, 0.6) is 0 Å². The first-order valence-corrected chi connectivity index (χ1v) is 6.27. The summed E-state index contributed by atoms with van der Waals surface area (Å²) in [6.45, 7) is 13.4. The van der Waals surface area contributed by atoms with Gasteiger partial charge in [-0.1, -0.05) is 26.8 Å². The lowest BCUT2D eigenvalue weighted by Gasteiger charge is -2.18. The van der Waals surface area contributed by atoms with E-state index in [-0.39, 0.29) is 0 Å². The van der Waals surface area contributed by atoms with Crippen LogP contribution in [0.3, 0.4) is 0 Å². The van der Waals surface area contributed by atoms with E-state index in [0.717, 1.165) is 18.3 Å². The van der Waals surface area contributed by atoms with Crippen LogP contribution in [0.4, 0.5) is 0 Å². The van der Waals surface area contributed by atoms with Crippen LogP contribution >= 0.6 is 0 Å². The molecular weight excluding hydrogens is 194 g/mol. The molecule has 1 aromatic heterocycles. The molecule has 0 fully saturated rings. The first kappa shape index (κ1) is 13.1. The smallest absolute Gasteiger partial charge is 0.0229 e. The topological polar surface area (TPSA) is 4.93 Å². The van der Waals surface area contributed by atoms with Gasteiger partial charge in [-0.3, -0.25) is 0 Å². The van der Waals surface area contributed by atoms with Gasteiger partial charge >= 0.3 is 0 Å². The molecule has 0 aliphatic rings. The van der Waals surface area contributed by atoms with Crippen molar-refractivity contribution in [2.45, 2.75) is 48.0 Å². The van der Waals surface area contributed by atoms with Gasteiger partial charge in [0.25, 0.3) is 0 Å². The summed E-state index contributed by atoms with van der Waals surface area (Å²) < 4.78 is 2.37. The van der Waals surface area contributed by atoms with E-state index in [0.29, 0.717) is 0 Å². The highest BCUT2D eigenvalue weighted by Gasteiger charge is 2.12. The van der Waals surface area contributed by atoms with Crippen LogP contribution in [0, 0.1) is 18.8 Å². The third-order valence-corrected chi connectivity index (χ3v) is 3.60. The number of aryl methyl sites for hydroxylation is 1. The number of allylic oxidation sites excluding steroid dienone is 2. The number of aromatic nitrogens is 1. The maximum atomic E-state index is 2.37. The standard InChI is InChI=1S/C15H25N/c1-7-13(5)16-14(6)8-9-15(16)10-12(4)11(2)3/h7-9,11-12H,10H2,1-6H3/b13-7+. The van der Waals surface area contributed by atoms with Gasteiger partial charge in [0.15, 0.2) is 0 Å². The van der Waals surface area contributed by atoms with Gasteiger partial charge < -0.3 is 4.57 Å². The average molecular weight is 219 g/mol. The van der Waals surface area contributed by atoms with Gasteiger partial charge in [-0.15, -0.1) is 0 Å². The molecule has 1 aromatic rings. The Morgan fingerprint density at radius 1 is 1.31 bits per heavy atom. The largest absolute Gasteiger partial charge is 0.323 e. The molecule has 0 aliphatic heterocycles. The number of hydrogen-bond donors (Lipinski definition) is 0. The van der Waals surface area contributed by atoms with Gasteiger partial charge in [-0.05, 0) is 51.2 Å². The third kappa shape index (κ3) is 2.78. The summed E-state index contributed by atoms with van der Waals surface area (Å²) in [5.41, 5.74) is 4.10. The van der Waals surface area contributed by atoms with Crippen LogP contribution in [0.1, 0.15) is 46.0 Å². The van der Waals surface area contributed by atoms with Crippen LogP contribution in [0.2, 0.25) is 0 Å². The van der Waals surface area contributed by atoms with E-state index in [4.69, 9.17) is 0 Å². The number of hydrogen-bond acceptors (Lipinski definition) is 0. The minimum atomic E-state index is 0.734. The van der Waals surface area contributed by atoms with Gasteiger partial charge in [-0.2, -0.15) is 0 Å². The minimum Gasteiger partial charge on any atom is -0.323 e. The van der Waals surface area contributed by atoms with E-state index in [1.807, 2.05) is 0 Å². The quantitative estimate of drug-likeness (QED) is 0.702. The van der Waals surface area contributed by atoms with Crippen LogP contribution in [0.25, 0.3) is 5.70 Å². The Morgan fingerprint density at radius 2 is 1.94 bits per heavy atom. The Balaban J connectivity index is 2.97. The summed E-state index contributed by atoms with van der Waals surface area (Å²) in [4.78, 5) is 0. The molecule has 0 saturated carbocycles. The molecule has 1 heterocycles. The summed E-state index contributed by atoms with van der Waals surface area (Å²) in [7, 11) is 0. The summed E-state index contributed by atoms with van der Waals surface area (Å²) in [5, 5.41) is 0. The van der Waals surface area contributed by atoms with Crippen LogP contribution in [-0.4, -0.2) is 4.57 Å². The zero-order valence-corrected chi connectivity index (χ0v) is 11.5. The number of nitrogens with zero attached hydrogens (tertiary/aromatic N) is 1. The maximum Gasteiger partial charge on any atom is 0.0229 e. The van der Waals surface area contributed by atoms with Crippen LogP contribution in [-0.2, 0) is 6.42 Å². The molecule has 1 nitrogen and oxygen atoms in total. The molecular formula is C15H25N. The summed E-state index contributed by atoms with van der Waals surface area (Å²) in [6.07, 6.45) is 3.34. The highest BCUT2D eigenvalue weighted by Crippen LogP contribution is 2.21. The summed E-state index contributed by atoms with van der Waals surface area (Å²) >= 11 is 0. The Hall–Kier alpha value is -0.980. The van der Waals surface area contributed by atoms with E-state index in [1.165, 1.54) is 17.1 Å². The van der Waals surface area contributed by atoms with Gasteiger partial charge in [0.2, 0.25) is 0 Å². The molecule has 0 saturated heterocycles. The molecule has 90 valence electrons. The van der Waals surface area contributed by atoms with Crippen molar-refractivity contribution < 1.29 is 0 Å². The van der Waals surface area contributed by atoms with Crippen molar-refractivity contribution in [3.05, 3.63) is 29.6 Å². The second-order valence-corrected chi connectivity index (χ2v) is 5.16. The Labute approximate surface area is 100 Å². The molecule has 1 rings (SSSR count). The Morgan fingerprint density at radius 3 is 2.44 bits per heavy atom. The second kappa shape index (κ2) is 5.38. The fraction of sp³-hybridized carbons (Fsp3) is 0.600. The molecule has 0 spiro atoms. The second-order valence-electron chi connectivity index (χ2n) is 5.16. The van der Waals surface area contributed by atoms with Crippen LogP contribution in [0.15, 0.2) is 18.2 Å². The van der Waals surface area contributed by atoms with Crippen molar-refractivity contribution in [2.24, 2.45) is 11.8 Å². The summed E-state index contributed by atoms with van der Waals surface area (Å²) in [5.74, 6) is 1.48. The molecule has 0 amide bonds. The van der Waals surface area contributed by atoms with E-state index in [9.17, 15) is 0 Å². The molecule has 1 atom stereocenters.